The highest BCUT2D eigenvalue weighted by Crippen LogP contribution is 2.44. The number of rotatable bonds is 6. The summed E-state index contributed by atoms with van der Waals surface area (Å²) in [6.07, 6.45) is 5.58. The molecule has 0 radical (unpaired) electrons. The van der Waals surface area contributed by atoms with Gasteiger partial charge in [0.15, 0.2) is 0 Å². The molecule has 0 bridgehead atoms. The van der Waals surface area contributed by atoms with Crippen LogP contribution in [0, 0.1) is 5.92 Å². The van der Waals surface area contributed by atoms with Crippen molar-refractivity contribution in [2.24, 2.45) is 5.92 Å². The lowest BCUT2D eigenvalue weighted by molar-refractivity contribution is -0.139. The van der Waals surface area contributed by atoms with Crippen LogP contribution < -0.4 is 15.4 Å². The molecule has 1 saturated carbocycles. The topological polar surface area (TPSA) is 87.7 Å². The minimum Gasteiger partial charge on any atom is -0.497 e. The van der Waals surface area contributed by atoms with Gasteiger partial charge in [-0.2, -0.15) is 0 Å². The third kappa shape index (κ3) is 4.17. The van der Waals surface area contributed by atoms with Crippen LogP contribution >= 0.6 is 0 Å². The second-order valence-corrected chi connectivity index (χ2v) is 10.1. The Kier molecular flexibility index (Phi) is 6.26. The van der Waals surface area contributed by atoms with Crippen molar-refractivity contribution in [3.05, 3.63) is 65.7 Å². The number of amides is 4. The van der Waals surface area contributed by atoms with Crippen LogP contribution in [-0.4, -0.2) is 48.5 Å². The summed E-state index contributed by atoms with van der Waals surface area (Å²) in [6, 6.07) is 17.3. The van der Waals surface area contributed by atoms with Crippen LogP contribution in [0.5, 0.6) is 5.75 Å². The molecular formula is C28H33N3O4. The van der Waals surface area contributed by atoms with Crippen LogP contribution in [0.3, 0.4) is 0 Å². The van der Waals surface area contributed by atoms with Gasteiger partial charge < -0.3 is 15.0 Å². The van der Waals surface area contributed by atoms with Gasteiger partial charge in [0, 0.05) is 19.5 Å². The van der Waals surface area contributed by atoms with E-state index in [2.05, 4.69) is 10.6 Å². The zero-order valence-electron chi connectivity index (χ0n) is 20.2. The third-order valence-corrected chi connectivity index (χ3v) is 8.28. The maximum atomic E-state index is 13.9. The fourth-order valence-electron chi connectivity index (χ4n) is 6.37. The lowest BCUT2D eigenvalue weighted by Gasteiger charge is -2.43. The molecule has 7 nitrogen and oxygen atoms in total. The van der Waals surface area contributed by atoms with Gasteiger partial charge >= 0.3 is 6.03 Å². The van der Waals surface area contributed by atoms with Crippen LogP contribution in [0.4, 0.5) is 4.79 Å². The molecule has 2 heterocycles. The molecule has 0 spiro atoms. The number of nitrogens with one attached hydrogen (secondary N) is 2. The quantitative estimate of drug-likeness (QED) is 0.626. The van der Waals surface area contributed by atoms with Crippen molar-refractivity contribution in [2.75, 3.05) is 20.2 Å². The number of likely N-dealkylation sites (tertiary alicyclic amines) is 1. The van der Waals surface area contributed by atoms with Gasteiger partial charge in [0.25, 0.3) is 5.91 Å². The van der Waals surface area contributed by atoms with Gasteiger partial charge in [-0.05, 0) is 54.9 Å². The Hall–Kier alpha value is -3.35. The van der Waals surface area contributed by atoms with E-state index in [0.717, 1.165) is 42.6 Å². The Balaban J connectivity index is 1.34. The van der Waals surface area contributed by atoms with Crippen LogP contribution in [0.15, 0.2) is 54.6 Å². The zero-order chi connectivity index (χ0) is 24.5. The van der Waals surface area contributed by atoms with E-state index in [1.807, 2.05) is 59.5 Å². The molecule has 184 valence electrons. The number of ether oxygens (including phenoxy) is 1. The van der Waals surface area contributed by atoms with E-state index in [-0.39, 0.29) is 17.7 Å². The predicted octanol–water partition coefficient (Wildman–Crippen LogP) is 3.57. The number of carbonyl (C=O) groups is 3. The van der Waals surface area contributed by atoms with E-state index in [1.54, 1.807) is 7.11 Å². The summed E-state index contributed by atoms with van der Waals surface area (Å²) < 4.78 is 5.31. The first-order valence-corrected chi connectivity index (χ1v) is 12.6. The predicted molar refractivity (Wildman–Crippen MR) is 132 cm³/mol. The molecular weight excluding hydrogens is 442 g/mol. The first-order chi connectivity index (χ1) is 17.0. The summed E-state index contributed by atoms with van der Waals surface area (Å²) in [4.78, 5) is 41.1. The Morgan fingerprint density at radius 3 is 2.23 bits per heavy atom. The van der Waals surface area contributed by atoms with E-state index < -0.39 is 17.0 Å². The highest BCUT2D eigenvalue weighted by atomic mass is 16.5. The first kappa shape index (κ1) is 23.4. The molecule has 1 aliphatic carbocycles. The van der Waals surface area contributed by atoms with Crippen LogP contribution in [0.25, 0.3) is 0 Å². The van der Waals surface area contributed by atoms with Crippen molar-refractivity contribution in [1.29, 1.82) is 0 Å². The Labute approximate surface area is 206 Å². The third-order valence-electron chi connectivity index (χ3n) is 8.28. The first-order valence-electron chi connectivity index (χ1n) is 12.6. The van der Waals surface area contributed by atoms with Crippen molar-refractivity contribution in [1.82, 2.24) is 15.5 Å². The van der Waals surface area contributed by atoms with Gasteiger partial charge in [-0.25, -0.2) is 4.79 Å². The van der Waals surface area contributed by atoms with Crippen LogP contribution in [0.1, 0.15) is 49.7 Å². The van der Waals surface area contributed by atoms with E-state index >= 15 is 0 Å². The SMILES string of the molecule is COc1ccc(C2(C(=O)N3CCC(C4(Cc5ccccc5)NC(=O)NC4=O)CC3)CCCC2)cc1. The highest BCUT2D eigenvalue weighted by Gasteiger charge is 2.53. The maximum Gasteiger partial charge on any atom is 0.322 e. The molecule has 2 saturated heterocycles. The van der Waals surface area contributed by atoms with Crippen molar-refractivity contribution < 1.29 is 19.1 Å². The Morgan fingerprint density at radius 1 is 1.00 bits per heavy atom. The van der Waals surface area contributed by atoms with Gasteiger partial charge in [-0.1, -0.05) is 55.3 Å². The molecule has 7 heteroatoms. The van der Waals surface area contributed by atoms with Gasteiger partial charge in [0.1, 0.15) is 11.3 Å². The summed E-state index contributed by atoms with van der Waals surface area (Å²) in [5.74, 6) is 0.673. The van der Waals surface area contributed by atoms with Crippen LogP contribution in [-0.2, 0) is 21.4 Å². The summed E-state index contributed by atoms with van der Waals surface area (Å²) in [6.45, 7) is 1.17. The molecule has 5 rings (SSSR count). The maximum absolute atomic E-state index is 13.9. The second kappa shape index (κ2) is 9.36. The smallest absolute Gasteiger partial charge is 0.322 e. The lowest BCUT2D eigenvalue weighted by atomic mass is 9.73. The van der Waals surface area contributed by atoms with E-state index in [1.165, 1.54) is 0 Å². The average Bonchev–Trinajstić information content (AvgIpc) is 3.50. The van der Waals surface area contributed by atoms with Crippen molar-refractivity contribution in [3.8, 4) is 5.75 Å². The number of imide groups is 1. The molecule has 2 aromatic rings. The minimum absolute atomic E-state index is 0.0429. The summed E-state index contributed by atoms with van der Waals surface area (Å²) in [7, 11) is 1.65. The standard InChI is InChI=1S/C28H33N3O4/c1-35-23-11-9-21(10-12-23)27(15-5-6-16-27)25(33)31-17-13-22(14-18-31)28(24(32)29-26(34)30-28)19-20-7-3-2-4-8-20/h2-4,7-12,22H,5-6,13-19H2,1H3,(H2,29,30,32,34). The minimum atomic E-state index is -0.978. The number of hydrogen-bond donors (Lipinski definition) is 2. The molecule has 1 unspecified atom stereocenters. The van der Waals surface area contributed by atoms with E-state index in [0.29, 0.717) is 32.4 Å². The highest BCUT2D eigenvalue weighted by molar-refractivity contribution is 6.07. The molecule has 0 aromatic heterocycles. The van der Waals surface area contributed by atoms with Crippen molar-refractivity contribution in [2.45, 2.75) is 55.9 Å². The molecule has 3 aliphatic rings. The number of methoxy groups -OCH3 is 1. The number of nitrogens with zero attached hydrogens (tertiary/aromatic N) is 1. The summed E-state index contributed by atoms with van der Waals surface area (Å²) in [5.41, 5.74) is 0.604. The molecule has 35 heavy (non-hydrogen) atoms. The molecule has 2 aliphatic heterocycles. The normalized spacial score (nSPS) is 24.2. The number of urea groups is 1. The van der Waals surface area contributed by atoms with Gasteiger partial charge in [0.05, 0.1) is 12.5 Å². The lowest BCUT2D eigenvalue weighted by Crippen LogP contribution is -2.58. The molecule has 1 atom stereocenters. The Bertz CT molecular complexity index is 1090. The van der Waals surface area contributed by atoms with Gasteiger partial charge in [0.2, 0.25) is 5.91 Å². The Morgan fingerprint density at radius 2 is 1.66 bits per heavy atom. The molecule has 4 amide bonds. The molecule has 2 aromatic carbocycles. The number of hydrogen-bond acceptors (Lipinski definition) is 4. The van der Waals surface area contributed by atoms with Gasteiger partial charge in [-0.3, -0.25) is 14.9 Å². The molecule has 3 fully saturated rings. The zero-order valence-corrected chi connectivity index (χ0v) is 20.2. The average molecular weight is 476 g/mol. The second-order valence-electron chi connectivity index (χ2n) is 10.1. The summed E-state index contributed by atoms with van der Waals surface area (Å²) >= 11 is 0. The fourth-order valence-corrected chi connectivity index (χ4v) is 6.37. The van der Waals surface area contributed by atoms with E-state index in [4.69, 9.17) is 4.74 Å². The fraction of sp³-hybridized carbons (Fsp3) is 0.464. The number of piperidine rings is 1. The monoisotopic (exact) mass is 475 g/mol. The van der Waals surface area contributed by atoms with Gasteiger partial charge in [-0.15, -0.1) is 0 Å². The number of carbonyl (C=O) groups excluding carboxylic acids is 3. The van der Waals surface area contributed by atoms with E-state index in [9.17, 15) is 14.4 Å². The van der Waals surface area contributed by atoms with Crippen molar-refractivity contribution >= 4 is 17.8 Å². The molecule has 2 N–H and O–H groups in total. The largest absolute Gasteiger partial charge is 0.497 e. The summed E-state index contributed by atoms with van der Waals surface area (Å²) in [5, 5.41) is 5.42. The number of benzene rings is 2. The van der Waals surface area contributed by atoms with Crippen molar-refractivity contribution in [3.63, 3.8) is 0 Å². The van der Waals surface area contributed by atoms with Crippen LogP contribution in [0.2, 0.25) is 0 Å².